The fourth-order valence-electron chi connectivity index (χ4n) is 2.51. The number of nitrogens with one attached hydrogen (secondary N) is 1. The van der Waals surface area contributed by atoms with Crippen molar-refractivity contribution in [2.24, 2.45) is 0 Å². The maximum Gasteiger partial charge on any atom is 0.300 e. The van der Waals surface area contributed by atoms with Crippen molar-refractivity contribution in [1.82, 2.24) is 5.32 Å². The minimum Gasteiger partial charge on any atom is -0.507 e. The number of carbonyl (C=O) groups excluding carboxylic acids is 1. The van der Waals surface area contributed by atoms with Crippen LogP contribution in [0.3, 0.4) is 0 Å². The van der Waals surface area contributed by atoms with E-state index in [2.05, 4.69) is 5.32 Å². The van der Waals surface area contributed by atoms with E-state index in [0.29, 0.717) is 12.1 Å². The van der Waals surface area contributed by atoms with Gasteiger partial charge >= 0.3 is 0 Å². The molecule has 140 valence electrons. The van der Waals surface area contributed by atoms with Gasteiger partial charge in [-0.1, -0.05) is 56.3 Å². The summed E-state index contributed by atoms with van der Waals surface area (Å²) >= 11 is 0. The molecule has 0 atom stereocenters. The van der Waals surface area contributed by atoms with E-state index in [1.54, 1.807) is 0 Å². The van der Waals surface area contributed by atoms with Gasteiger partial charge in [0.2, 0.25) is 0 Å². The van der Waals surface area contributed by atoms with Gasteiger partial charge in [-0.3, -0.25) is 9.59 Å². The van der Waals surface area contributed by atoms with Crippen LogP contribution in [-0.2, 0) is 11.2 Å². The number of carbonyl (C=O) groups is 2. The Kier molecular flexibility index (Phi) is 8.35. The van der Waals surface area contributed by atoms with Crippen LogP contribution >= 0.6 is 0 Å². The zero-order valence-electron chi connectivity index (χ0n) is 15.7. The number of aryl methyl sites for hydroxylation is 1. The second kappa shape index (κ2) is 10.2. The molecule has 0 saturated carbocycles. The number of hydrogen-bond donors (Lipinski definition) is 3. The number of phenolic OH excluding ortho intramolecular Hbond substituents is 1. The smallest absolute Gasteiger partial charge is 0.300 e. The molecule has 2 aromatic rings. The van der Waals surface area contributed by atoms with Crippen LogP contribution in [0.2, 0.25) is 0 Å². The Morgan fingerprint density at radius 3 is 2.19 bits per heavy atom. The summed E-state index contributed by atoms with van der Waals surface area (Å²) in [5.74, 6) is -0.767. The lowest BCUT2D eigenvalue weighted by Gasteiger charge is -2.15. The highest BCUT2D eigenvalue weighted by Crippen LogP contribution is 2.31. The molecule has 1 amide bonds. The van der Waals surface area contributed by atoms with Gasteiger partial charge in [0.1, 0.15) is 5.75 Å². The third kappa shape index (κ3) is 6.59. The van der Waals surface area contributed by atoms with E-state index in [9.17, 15) is 9.90 Å². The number of carboxylic acids is 1. The molecule has 0 aromatic heterocycles. The number of rotatable bonds is 5. The maximum atomic E-state index is 12.4. The molecule has 0 aliphatic rings. The van der Waals surface area contributed by atoms with Crippen molar-refractivity contribution >= 4 is 11.9 Å². The number of benzene rings is 2. The first-order chi connectivity index (χ1) is 12.2. The minimum absolute atomic E-state index is 0.104. The molecular formula is C21H27NO4. The summed E-state index contributed by atoms with van der Waals surface area (Å²) in [5.41, 5.74) is 3.16. The van der Waals surface area contributed by atoms with Gasteiger partial charge in [-0.05, 0) is 36.0 Å². The number of carboxylic acid groups (broad SMARTS) is 1. The van der Waals surface area contributed by atoms with Gasteiger partial charge in [0, 0.05) is 13.5 Å². The second-order valence-electron chi connectivity index (χ2n) is 6.36. The Bertz CT molecular complexity index is 735. The van der Waals surface area contributed by atoms with Crippen LogP contribution in [-0.4, -0.2) is 28.6 Å². The molecule has 0 fully saturated rings. The monoisotopic (exact) mass is 357 g/mol. The SMILES string of the molecule is CC(=O)O.Cc1ccc(C(C)C)c(O)c1C(=O)NCCc1ccccc1. The average molecular weight is 357 g/mol. The topological polar surface area (TPSA) is 86.6 Å². The van der Waals surface area contributed by atoms with Gasteiger partial charge in [-0.2, -0.15) is 0 Å². The third-order valence-corrected chi connectivity index (χ3v) is 3.81. The lowest BCUT2D eigenvalue weighted by atomic mass is 9.95. The molecule has 0 aliphatic heterocycles. The quantitative estimate of drug-likeness (QED) is 0.758. The Labute approximate surface area is 154 Å². The van der Waals surface area contributed by atoms with E-state index in [-0.39, 0.29) is 17.6 Å². The van der Waals surface area contributed by atoms with Crippen LogP contribution in [0, 0.1) is 6.92 Å². The Morgan fingerprint density at radius 2 is 1.65 bits per heavy atom. The Hall–Kier alpha value is -2.82. The fourth-order valence-corrected chi connectivity index (χ4v) is 2.51. The number of amides is 1. The van der Waals surface area contributed by atoms with Crippen LogP contribution in [0.15, 0.2) is 42.5 Å². The first-order valence-electron chi connectivity index (χ1n) is 8.58. The van der Waals surface area contributed by atoms with Crippen LogP contribution in [0.25, 0.3) is 0 Å². The molecule has 0 heterocycles. The van der Waals surface area contributed by atoms with E-state index >= 15 is 0 Å². The largest absolute Gasteiger partial charge is 0.507 e. The molecule has 0 aliphatic carbocycles. The van der Waals surface area contributed by atoms with Crippen molar-refractivity contribution < 1.29 is 19.8 Å². The van der Waals surface area contributed by atoms with Gasteiger partial charge in [-0.25, -0.2) is 0 Å². The molecular weight excluding hydrogens is 330 g/mol. The number of aromatic hydroxyl groups is 1. The molecule has 2 aromatic carbocycles. The predicted octanol–water partition coefficient (Wildman–Crippen LogP) is 3.89. The molecule has 3 N–H and O–H groups in total. The molecule has 2 rings (SSSR count). The summed E-state index contributed by atoms with van der Waals surface area (Å²) in [4.78, 5) is 21.4. The van der Waals surface area contributed by atoms with Crippen LogP contribution < -0.4 is 5.32 Å². The number of phenols is 1. The summed E-state index contributed by atoms with van der Waals surface area (Å²) in [6, 6.07) is 13.8. The van der Waals surface area contributed by atoms with Crippen molar-refractivity contribution in [3.63, 3.8) is 0 Å². The second-order valence-corrected chi connectivity index (χ2v) is 6.36. The summed E-state index contributed by atoms with van der Waals surface area (Å²) in [6.45, 7) is 7.48. The summed E-state index contributed by atoms with van der Waals surface area (Å²) < 4.78 is 0. The molecule has 0 saturated heterocycles. The van der Waals surface area contributed by atoms with Crippen molar-refractivity contribution in [3.8, 4) is 5.75 Å². The van der Waals surface area contributed by atoms with E-state index < -0.39 is 5.97 Å². The van der Waals surface area contributed by atoms with Gasteiger partial charge in [0.25, 0.3) is 11.9 Å². The fraction of sp³-hybridized carbons (Fsp3) is 0.333. The first kappa shape index (κ1) is 21.2. The van der Waals surface area contributed by atoms with Crippen molar-refractivity contribution in [2.75, 3.05) is 6.54 Å². The highest BCUT2D eigenvalue weighted by atomic mass is 16.4. The molecule has 26 heavy (non-hydrogen) atoms. The van der Waals surface area contributed by atoms with E-state index in [4.69, 9.17) is 9.90 Å². The lowest BCUT2D eigenvalue weighted by molar-refractivity contribution is -0.134. The van der Waals surface area contributed by atoms with Crippen LogP contribution in [0.5, 0.6) is 5.75 Å². The van der Waals surface area contributed by atoms with Gasteiger partial charge < -0.3 is 15.5 Å². The van der Waals surface area contributed by atoms with Crippen LogP contribution in [0.1, 0.15) is 53.7 Å². The third-order valence-electron chi connectivity index (χ3n) is 3.81. The molecule has 0 unspecified atom stereocenters. The molecule has 5 nitrogen and oxygen atoms in total. The summed E-state index contributed by atoms with van der Waals surface area (Å²) in [5, 5.41) is 20.7. The average Bonchev–Trinajstić information content (AvgIpc) is 2.55. The van der Waals surface area contributed by atoms with E-state index in [0.717, 1.165) is 24.5 Å². The van der Waals surface area contributed by atoms with Gasteiger partial charge in [0.15, 0.2) is 0 Å². The summed E-state index contributed by atoms with van der Waals surface area (Å²) in [7, 11) is 0. The number of hydrogen-bond acceptors (Lipinski definition) is 3. The first-order valence-corrected chi connectivity index (χ1v) is 8.58. The molecule has 5 heteroatoms. The lowest BCUT2D eigenvalue weighted by Crippen LogP contribution is -2.26. The van der Waals surface area contributed by atoms with Gasteiger partial charge in [0.05, 0.1) is 5.56 Å². The van der Waals surface area contributed by atoms with Crippen molar-refractivity contribution in [2.45, 2.75) is 40.0 Å². The van der Waals surface area contributed by atoms with Crippen LogP contribution in [0.4, 0.5) is 0 Å². The van der Waals surface area contributed by atoms with E-state index in [1.165, 1.54) is 5.56 Å². The van der Waals surface area contributed by atoms with Crippen molar-refractivity contribution in [1.29, 1.82) is 0 Å². The Balaban J connectivity index is 0.000000765. The zero-order chi connectivity index (χ0) is 19.7. The highest BCUT2D eigenvalue weighted by molar-refractivity contribution is 5.98. The molecule has 0 bridgehead atoms. The predicted molar refractivity (Wildman–Crippen MR) is 103 cm³/mol. The highest BCUT2D eigenvalue weighted by Gasteiger charge is 2.18. The molecule has 0 spiro atoms. The maximum absolute atomic E-state index is 12.4. The van der Waals surface area contributed by atoms with Crippen molar-refractivity contribution in [3.05, 3.63) is 64.7 Å². The molecule has 0 radical (unpaired) electrons. The normalized spacial score (nSPS) is 10.0. The standard InChI is InChI=1S/C19H23NO2.C2H4O2/c1-13(2)16-10-9-14(3)17(18(16)21)19(22)20-12-11-15-7-5-4-6-8-15;1-2(3)4/h4-10,13,21H,11-12H2,1-3H3,(H,20,22);1H3,(H,3,4). The Morgan fingerprint density at radius 1 is 1.08 bits per heavy atom. The van der Waals surface area contributed by atoms with Gasteiger partial charge in [-0.15, -0.1) is 0 Å². The van der Waals surface area contributed by atoms with E-state index in [1.807, 2.05) is 63.2 Å². The number of aliphatic carboxylic acids is 1. The summed E-state index contributed by atoms with van der Waals surface area (Å²) in [6.07, 6.45) is 0.774. The minimum atomic E-state index is -0.833. The zero-order valence-corrected chi connectivity index (χ0v) is 15.7.